The van der Waals surface area contributed by atoms with Crippen LogP contribution in [0.25, 0.3) is 0 Å². The third-order valence-corrected chi connectivity index (χ3v) is 0.901. The lowest BCUT2D eigenvalue weighted by Crippen LogP contribution is -2.29. The minimum Gasteiger partial charge on any atom is -0.342 e. The van der Waals surface area contributed by atoms with Crippen molar-refractivity contribution in [3.63, 3.8) is 0 Å². The van der Waals surface area contributed by atoms with Crippen LogP contribution in [0, 0.1) is 11.3 Å². The van der Waals surface area contributed by atoms with E-state index < -0.39 is 5.38 Å². The first-order valence-corrected chi connectivity index (χ1v) is 2.91. The second-order valence-corrected chi connectivity index (χ2v) is 2.15. The molecule has 3 nitrogen and oxygen atoms in total. The minimum absolute atomic E-state index is 0.0237. The van der Waals surface area contributed by atoms with Gasteiger partial charge in [-0.1, -0.05) is 0 Å². The molecule has 0 aliphatic rings. The van der Waals surface area contributed by atoms with Gasteiger partial charge in [-0.15, -0.1) is 11.6 Å². The molecule has 0 saturated heterocycles. The molecule has 0 bridgehead atoms. The van der Waals surface area contributed by atoms with Crippen LogP contribution in [0.15, 0.2) is 0 Å². The molecular weight excluding hydrogens is 140 g/mol. The van der Waals surface area contributed by atoms with Gasteiger partial charge in [0.1, 0.15) is 11.9 Å². The molecule has 0 aromatic carbocycles. The van der Waals surface area contributed by atoms with Crippen molar-refractivity contribution in [2.75, 3.05) is 6.54 Å². The van der Waals surface area contributed by atoms with Gasteiger partial charge in [-0.3, -0.25) is 4.79 Å². The lowest BCUT2D eigenvalue weighted by atomic mass is 10.4. The zero-order valence-electron chi connectivity index (χ0n) is 5.02. The second kappa shape index (κ2) is 4.16. The predicted molar refractivity (Wildman–Crippen MR) is 33.9 cm³/mol. The monoisotopic (exact) mass is 146 g/mol. The third-order valence-electron chi connectivity index (χ3n) is 0.703. The molecule has 1 N–H and O–H groups in total. The largest absolute Gasteiger partial charge is 0.342 e. The highest BCUT2D eigenvalue weighted by Crippen LogP contribution is 1.90. The van der Waals surface area contributed by atoms with Gasteiger partial charge in [0.2, 0.25) is 5.91 Å². The average Bonchev–Trinajstić information content (AvgIpc) is 1.82. The molecule has 1 atom stereocenters. The number of alkyl halides is 1. The molecule has 0 saturated carbocycles. The van der Waals surface area contributed by atoms with E-state index in [1.807, 2.05) is 0 Å². The fourth-order valence-corrected chi connectivity index (χ4v) is 0.344. The molecule has 0 unspecified atom stereocenters. The Morgan fingerprint density at radius 2 is 2.56 bits per heavy atom. The van der Waals surface area contributed by atoms with Gasteiger partial charge in [-0.2, -0.15) is 5.26 Å². The van der Waals surface area contributed by atoms with E-state index in [1.165, 1.54) is 0 Å². The molecule has 0 aliphatic carbocycles. The molecule has 0 aliphatic heterocycles. The molecule has 0 radical (unpaired) electrons. The normalized spacial score (nSPS) is 11.7. The summed E-state index contributed by atoms with van der Waals surface area (Å²) in [6.45, 7) is 1.57. The van der Waals surface area contributed by atoms with Crippen LogP contribution in [0.4, 0.5) is 0 Å². The van der Waals surface area contributed by atoms with E-state index >= 15 is 0 Å². The van der Waals surface area contributed by atoms with E-state index in [2.05, 4.69) is 5.32 Å². The smallest absolute Gasteiger partial charge is 0.238 e. The van der Waals surface area contributed by atoms with Gasteiger partial charge < -0.3 is 5.32 Å². The third kappa shape index (κ3) is 3.80. The molecule has 0 heterocycles. The van der Waals surface area contributed by atoms with Crippen molar-refractivity contribution in [1.82, 2.24) is 5.32 Å². The van der Waals surface area contributed by atoms with Gasteiger partial charge in [-0.25, -0.2) is 0 Å². The Hall–Kier alpha value is -0.750. The van der Waals surface area contributed by atoms with Crippen LogP contribution in [0.1, 0.15) is 6.92 Å². The standard InChI is InChI=1S/C5H7ClN2O/c1-4(6)5(9)8-3-2-7/h4H,3H2,1H3,(H,8,9)/t4-/m1/s1. The number of carbonyl (C=O) groups excluding carboxylic acids is 1. The molecule has 0 aromatic heterocycles. The summed E-state index contributed by atoms with van der Waals surface area (Å²) >= 11 is 5.34. The molecule has 0 aromatic rings. The Morgan fingerprint density at radius 1 is 2.00 bits per heavy atom. The zero-order valence-corrected chi connectivity index (χ0v) is 5.77. The van der Waals surface area contributed by atoms with Crippen molar-refractivity contribution >= 4 is 17.5 Å². The predicted octanol–water partition coefficient (Wildman–Crippen LogP) is 0.253. The van der Waals surface area contributed by atoms with Crippen molar-refractivity contribution in [3.05, 3.63) is 0 Å². The van der Waals surface area contributed by atoms with E-state index in [1.54, 1.807) is 13.0 Å². The van der Waals surface area contributed by atoms with E-state index in [0.717, 1.165) is 0 Å². The number of nitrogens with one attached hydrogen (secondary N) is 1. The summed E-state index contributed by atoms with van der Waals surface area (Å²) in [4.78, 5) is 10.5. The Kier molecular flexibility index (Phi) is 3.81. The summed E-state index contributed by atoms with van der Waals surface area (Å²) in [6, 6.07) is 1.76. The molecule has 4 heteroatoms. The minimum atomic E-state index is -0.557. The topological polar surface area (TPSA) is 52.9 Å². The maximum absolute atomic E-state index is 10.5. The van der Waals surface area contributed by atoms with Crippen LogP contribution in [0.5, 0.6) is 0 Å². The summed E-state index contributed by atoms with van der Waals surface area (Å²) in [5.74, 6) is -0.307. The Bertz CT molecular complexity index is 138. The average molecular weight is 147 g/mol. The van der Waals surface area contributed by atoms with Crippen LogP contribution >= 0.6 is 11.6 Å². The zero-order chi connectivity index (χ0) is 7.28. The van der Waals surface area contributed by atoms with Crippen molar-refractivity contribution in [1.29, 1.82) is 5.26 Å². The summed E-state index contributed by atoms with van der Waals surface area (Å²) < 4.78 is 0. The fourth-order valence-electron chi connectivity index (χ4n) is 0.267. The van der Waals surface area contributed by atoms with Gasteiger partial charge in [0.15, 0.2) is 0 Å². The molecule has 0 fully saturated rings. The first-order valence-electron chi connectivity index (χ1n) is 2.47. The number of nitrogens with zero attached hydrogens (tertiary/aromatic N) is 1. The molecule has 9 heavy (non-hydrogen) atoms. The van der Waals surface area contributed by atoms with Gasteiger partial charge in [0.05, 0.1) is 6.07 Å². The Labute approximate surface area is 58.6 Å². The number of hydrogen-bond acceptors (Lipinski definition) is 2. The Morgan fingerprint density at radius 3 is 2.89 bits per heavy atom. The molecule has 0 spiro atoms. The van der Waals surface area contributed by atoms with Crippen LogP contribution in [-0.4, -0.2) is 17.8 Å². The van der Waals surface area contributed by atoms with E-state index in [0.29, 0.717) is 0 Å². The molecule has 0 rings (SSSR count). The highest BCUT2D eigenvalue weighted by atomic mass is 35.5. The number of halogens is 1. The molecule has 50 valence electrons. The molecular formula is C5H7ClN2O. The van der Waals surface area contributed by atoms with Gasteiger partial charge in [0, 0.05) is 0 Å². The number of rotatable bonds is 2. The SMILES string of the molecule is C[C@@H](Cl)C(=O)NCC#N. The first-order chi connectivity index (χ1) is 4.18. The van der Waals surface area contributed by atoms with Crippen molar-refractivity contribution in [2.45, 2.75) is 12.3 Å². The quantitative estimate of drug-likeness (QED) is 0.449. The maximum atomic E-state index is 10.5. The lowest BCUT2D eigenvalue weighted by molar-refractivity contribution is -0.120. The second-order valence-electron chi connectivity index (χ2n) is 1.49. The van der Waals surface area contributed by atoms with Gasteiger partial charge >= 0.3 is 0 Å². The Balaban J connectivity index is 3.42. The maximum Gasteiger partial charge on any atom is 0.238 e. The van der Waals surface area contributed by atoms with Crippen LogP contribution in [0.2, 0.25) is 0 Å². The van der Waals surface area contributed by atoms with Crippen LogP contribution in [-0.2, 0) is 4.79 Å². The summed E-state index contributed by atoms with van der Waals surface area (Å²) in [5, 5.41) is 9.73. The van der Waals surface area contributed by atoms with E-state index in [9.17, 15) is 4.79 Å². The van der Waals surface area contributed by atoms with Crippen molar-refractivity contribution in [3.8, 4) is 6.07 Å². The fraction of sp³-hybridized carbons (Fsp3) is 0.600. The molecule has 1 amide bonds. The van der Waals surface area contributed by atoms with Crippen molar-refractivity contribution < 1.29 is 4.79 Å². The van der Waals surface area contributed by atoms with Gasteiger partial charge in [-0.05, 0) is 6.92 Å². The van der Waals surface area contributed by atoms with Gasteiger partial charge in [0.25, 0.3) is 0 Å². The summed E-state index contributed by atoms with van der Waals surface area (Å²) in [5.41, 5.74) is 0. The highest BCUT2D eigenvalue weighted by Gasteiger charge is 2.05. The van der Waals surface area contributed by atoms with Crippen LogP contribution in [0.3, 0.4) is 0 Å². The lowest BCUT2D eigenvalue weighted by Gasteiger charge is -1.99. The highest BCUT2D eigenvalue weighted by molar-refractivity contribution is 6.30. The number of carbonyl (C=O) groups is 1. The van der Waals surface area contributed by atoms with E-state index in [-0.39, 0.29) is 12.5 Å². The van der Waals surface area contributed by atoms with E-state index in [4.69, 9.17) is 16.9 Å². The number of amides is 1. The van der Waals surface area contributed by atoms with Crippen molar-refractivity contribution in [2.24, 2.45) is 0 Å². The summed E-state index contributed by atoms with van der Waals surface area (Å²) in [6.07, 6.45) is 0. The van der Waals surface area contributed by atoms with Crippen LogP contribution < -0.4 is 5.32 Å². The number of nitriles is 1. The summed E-state index contributed by atoms with van der Waals surface area (Å²) in [7, 11) is 0. The first kappa shape index (κ1) is 8.25. The number of hydrogen-bond donors (Lipinski definition) is 1.